The molecule has 2 heterocycles. The molecule has 2 aromatic carbocycles. The van der Waals surface area contributed by atoms with Crippen LogP contribution in [0.4, 0.5) is 15.3 Å². The highest BCUT2D eigenvalue weighted by atomic mass is 16.5. The maximum absolute atomic E-state index is 13.2. The minimum absolute atomic E-state index is 0.0565. The van der Waals surface area contributed by atoms with E-state index in [4.69, 9.17) is 4.74 Å². The molecule has 0 aromatic heterocycles. The molecule has 2 aliphatic rings. The predicted octanol–water partition coefficient (Wildman–Crippen LogP) is 3.75. The molecule has 2 aliphatic heterocycles. The largest absolute Gasteiger partial charge is 0.463 e. The Morgan fingerprint density at radius 2 is 1.78 bits per heavy atom. The fourth-order valence-electron chi connectivity index (χ4n) is 4.95. The van der Waals surface area contributed by atoms with Crippen LogP contribution in [0.3, 0.4) is 0 Å². The summed E-state index contributed by atoms with van der Waals surface area (Å²) in [5, 5.41) is 5.94. The maximum atomic E-state index is 13.2. The number of hydrogen-bond acceptors (Lipinski definition) is 5. The molecule has 0 unspecified atom stereocenters. The highest BCUT2D eigenvalue weighted by Crippen LogP contribution is 2.33. The van der Waals surface area contributed by atoms with Gasteiger partial charge in [0.1, 0.15) is 0 Å². The first-order valence-electron chi connectivity index (χ1n) is 12.6. The van der Waals surface area contributed by atoms with Gasteiger partial charge in [-0.05, 0) is 44.0 Å². The lowest BCUT2D eigenvalue weighted by Crippen LogP contribution is -2.57. The average molecular weight is 506 g/mol. The standard InChI is InChI=1S/C28H35N5O4/c1-5-37-26(34)24-23(31(4)27(35)30-25(24)22-14-10-9-11-19(22)2)18-32-15-16-33(20(3)17-32)28(36)29-21-12-7-6-8-13-21/h6-14,20,25H,5,15-18H2,1-4H3,(H,29,36)(H,30,35)/t20-,25-/m0/s1. The van der Waals surface area contributed by atoms with E-state index in [0.717, 1.165) is 16.8 Å². The third-order valence-electron chi connectivity index (χ3n) is 6.94. The highest BCUT2D eigenvalue weighted by molar-refractivity contribution is 5.95. The number of para-hydroxylation sites is 1. The lowest BCUT2D eigenvalue weighted by molar-refractivity contribution is -0.139. The summed E-state index contributed by atoms with van der Waals surface area (Å²) in [6, 6.07) is 16.0. The molecule has 9 heteroatoms. The van der Waals surface area contributed by atoms with E-state index >= 15 is 0 Å². The minimum Gasteiger partial charge on any atom is -0.463 e. The molecular weight excluding hydrogens is 470 g/mol. The first-order valence-corrected chi connectivity index (χ1v) is 12.6. The zero-order valence-corrected chi connectivity index (χ0v) is 21.9. The molecule has 0 saturated carbocycles. The Labute approximate surface area is 218 Å². The molecule has 196 valence electrons. The van der Waals surface area contributed by atoms with E-state index in [1.54, 1.807) is 14.0 Å². The van der Waals surface area contributed by atoms with Gasteiger partial charge in [-0.2, -0.15) is 0 Å². The van der Waals surface area contributed by atoms with E-state index in [0.29, 0.717) is 37.4 Å². The Bertz CT molecular complexity index is 1180. The zero-order chi connectivity index (χ0) is 26.5. The van der Waals surface area contributed by atoms with Crippen molar-refractivity contribution in [1.82, 2.24) is 20.0 Å². The molecule has 37 heavy (non-hydrogen) atoms. The van der Waals surface area contributed by atoms with Crippen LogP contribution in [0.5, 0.6) is 0 Å². The second kappa shape index (κ2) is 11.5. The maximum Gasteiger partial charge on any atom is 0.338 e. The second-order valence-electron chi connectivity index (χ2n) is 9.45. The summed E-state index contributed by atoms with van der Waals surface area (Å²) in [7, 11) is 1.67. The van der Waals surface area contributed by atoms with Crippen LogP contribution in [0.2, 0.25) is 0 Å². The smallest absolute Gasteiger partial charge is 0.338 e. The summed E-state index contributed by atoms with van der Waals surface area (Å²) >= 11 is 0. The van der Waals surface area contributed by atoms with Crippen LogP contribution in [0.15, 0.2) is 65.9 Å². The highest BCUT2D eigenvalue weighted by Gasteiger charge is 2.38. The minimum atomic E-state index is -0.602. The number of amides is 4. The number of nitrogens with zero attached hydrogens (tertiary/aromatic N) is 3. The Morgan fingerprint density at radius 3 is 2.46 bits per heavy atom. The van der Waals surface area contributed by atoms with E-state index in [2.05, 4.69) is 15.5 Å². The predicted molar refractivity (Wildman–Crippen MR) is 142 cm³/mol. The molecule has 2 aromatic rings. The fraction of sp³-hybridized carbons (Fsp3) is 0.393. The summed E-state index contributed by atoms with van der Waals surface area (Å²) in [6.07, 6.45) is 0. The van der Waals surface area contributed by atoms with Crippen LogP contribution in [0.25, 0.3) is 0 Å². The number of piperazine rings is 1. The number of likely N-dealkylation sites (N-methyl/N-ethyl adjacent to an activating group) is 1. The Hall–Kier alpha value is -3.85. The topological polar surface area (TPSA) is 94.2 Å². The molecule has 2 N–H and O–H groups in total. The average Bonchev–Trinajstić information content (AvgIpc) is 2.87. The third kappa shape index (κ3) is 5.77. The Kier molecular flexibility index (Phi) is 8.13. The monoisotopic (exact) mass is 505 g/mol. The van der Waals surface area contributed by atoms with Gasteiger partial charge in [-0.15, -0.1) is 0 Å². The molecule has 2 atom stereocenters. The van der Waals surface area contributed by atoms with Gasteiger partial charge in [-0.1, -0.05) is 42.5 Å². The number of rotatable bonds is 6. The molecule has 4 amide bonds. The number of benzene rings is 2. The molecule has 4 rings (SSSR count). The van der Waals surface area contributed by atoms with Crippen LogP contribution in [-0.2, 0) is 9.53 Å². The number of esters is 1. The van der Waals surface area contributed by atoms with Gasteiger partial charge in [0.15, 0.2) is 0 Å². The summed E-state index contributed by atoms with van der Waals surface area (Å²) in [6.45, 7) is 8.10. The molecule has 0 aliphatic carbocycles. The van der Waals surface area contributed by atoms with Gasteiger partial charge in [-0.3, -0.25) is 9.80 Å². The second-order valence-corrected chi connectivity index (χ2v) is 9.45. The van der Waals surface area contributed by atoms with Crippen LogP contribution in [-0.4, -0.2) is 78.6 Å². The molecule has 0 radical (unpaired) electrons. The number of carbonyl (C=O) groups is 3. The lowest BCUT2D eigenvalue weighted by Gasteiger charge is -2.42. The molecule has 0 bridgehead atoms. The number of anilines is 1. The van der Waals surface area contributed by atoms with Gasteiger partial charge in [0.2, 0.25) is 0 Å². The Balaban J connectivity index is 1.57. The van der Waals surface area contributed by atoms with Crippen molar-refractivity contribution in [3.8, 4) is 0 Å². The van der Waals surface area contributed by atoms with Crippen LogP contribution in [0, 0.1) is 6.92 Å². The molecule has 1 saturated heterocycles. The summed E-state index contributed by atoms with van der Waals surface area (Å²) < 4.78 is 5.45. The van der Waals surface area contributed by atoms with E-state index in [1.165, 1.54) is 4.90 Å². The quantitative estimate of drug-likeness (QED) is 0.584. The normalized spacial score (nSPS) is 20.5. The lowest BCUT2D eigenvalue weighted by atomic mass is 9.91. The van der Waals surface area contributed by atoms with Crippen molar-refractivity contribution in [2.75, 3.05) is 45.2 Å². The number of nitrogens with one attached hydrogen (secondary N) is 2. The number of ether oxygens (including phenoxy) is 1. The third-order valence-corrected chi connectivity index (χ3v) is 6.94. The summed E-state index contributed by atoms with van der Waals surface area (Å²) in [5.74, 6) is -0.438. The van der Waals surface area contributed by atoms with Crippen molar-refractivity contribution in [2.45, 2.75) is 32.9 Å². The van der Waals surface area contributed by atoms with Crippen molar-refractivity contribution in [3.05, 3.63) is 77.0 Å². The van der Waals surface area contributed by atoms with Gasteiger partial charge >= 0.3 is 18.0 Å². The van der Waals surface area contributed by atoms with Crippen molar-refractivity contribution in [3.63, 3.8) is 0 Å². The van der Waals surface area contributed by atoms with Gasteiger partial charge in [0.05, 0.1) is 18.2 Å². The molecular formula is C28H35N5O4. The van der Waals surface area contributed by atoms with E-state index < -0.39 is 12.0 Å². The van der Waals surface area contributed by atoms with Crippen LogP contribution < -0.4 is 10.6 Å². The number of carbonyl (C=O) groups excluding carboxylic acids is 3. The van der Waals surface area contributed by atoms with Gasteiger partial charge in [0.25, 0.3) is 0 Å². The van der Waals surface area contributed by atoms with Crippen LogP contribution in [0.1, 0.15) is 31.0 Å². The van der Waals surface area contributed by atoms with Crippen molar-refractivity contribution in [2.24, 2.45) is 0 Å². The van der Waals surface area contributed by atoms with Gasteiger partial charge in [0, 0.05) is 50.7 Å². The van der Waals surface area contributed by atoms with E-state index in [9.17, 15) is 14.4 Å². The SMILES string of the molecule is CCOC(=O)C1=C(CN2CCN(C(=O)Nc3ccccc3)[C@@H](C)C2)N(C)C(=O)N[C@H]1c1ccccc1C. The molecule has 9 nitrogen and oxygen atoms in total. The van der Waals surface area contributed by atoms with Crippen molar-refractivity contribution in [1.29, 1.82) is 0 Å². The van der Waals surface area contributed by atoms with Crippen molar-refractivity contribution >= 4 is 23.7 Å². The summed E-state index contributed by atoms with van der Waals surface area (Å²) in [4.78, 5) is 44.6. The summed E-state index contributed by atoms with van der Waals surface area (Å²) in [5.41, 5.74) is 3.65. The first kappa shape index (κ1) is 26.2. The van der Waals surface area contributed by atoms with Gasteiger partial charge in [-0.25, -0.2) is 14.4 Å². The molecule has 0 spiro atoms. The fourth-order valence-corrected chi connectivity index (χ4v) is 4.95. The number of aryl methyl sites for hydroxylation is 1. The number of hydrogen-bond donors (Lipinski definition) is 2. The first-order chi connectivity index (χ1) is 17.8. The number of urea groups is 2. The Morgan fingerprint density at radius 1 is 1.08 bits per heavy atom. The zero-order valence-electron chi connectivity index (χ0n) is 21.9. The molecule has 1 fully saturated rings. The van der Waals surface area contributed by atoms with E-state index in [-0.39, 0.29) is 24.7 Å². The van der Waals surface area contributed by atoms with Crippen LogP contribution >= 0.6 is 0 Å². The van der Waals surface area contributed by atoms with Gasteiger partial charge < -0.3 is 20.3 Å². The van der Waals surface area contributed by atoms with E-state index in [1.807, 2.05) is 73.3 Å². The van der Waals surface area contributed by atoms with Crippen molar-refractivity contribution < 1.29 is 19.1 Å².